The Hall–Kier alpha value is -3.17. The molecule has 1 N–H and O–H groups in total. The number of amides is 1. The van der Waals surface area contributed by atoms with Crippen LogP contribution in [0, 0.1) is 13.8 Å². The third kappa shape index (κ3) is 4.51. The molecule has 0 aliphatic heterocycles. The van der Waals surface area contributed by atoms with E-state index in [9.17, 15) is 9.59 Å². The van der Waals surface area contributed by atoms with Gasteiger partial charge in [-0.15, -0.1) is 0 Å². The number of benzene rings is 2. The number of nitrogens with one attached hydrogen (secondary N) is 1. The second-order valence-corrected chi connectivity index (χ2v) is 9.06. The molecule has 0 aliphatic carbocycles. The lowest BCUT2D eigenvalue weighted by atomic mass is 10.1. The minimum Gasteiger partial charge on any atom is -0.465 e. The van der Waals surface area contributed by atoms with Crippen molar-refractivity contribution < 1.29 is 18.7 Å². The maximum Gasteiger partial charge on any atom is 0.339 e. The molecule has 2 aromatic carbocycles. The molecule has 0 spiro atoms. The van der Waals surface area contributed by atoms with E-state index in [1.807, 2.05) is 48.7 Å². The second-order valence-electron chi connectivity index (χ2n) is 7.29. The van der Waals surface area contributed by atoms with Crippen LogP contribution in [0.1, 0.15) is 37.9 Å². The highest BCUT2D eigenvalue weighted by atomic mass is 79.9. The van der Waals surface area contributed by atoms with Gasteiger partial charge in [-0.3, -0.25) is 4.79 Å². The molecule has 7 nitrogen and oxygen atoms in total. The summed E-state index contributed by atoms with van der Waals surface area (Å²) in [7, 11) is 1.36. The van der Waals surface area contributed by atoms with Crippen LogP contribution in [0.15, 0.2) is 67.0 Å². The summed E-state index contributed by atoms with van der Waals surface area (Å²) in [6.07, 6.45) is 1.56. The van der Waals surface area contributed by atoms with Gasteiger partial charge in [-0.1, -0.05) is 28.1 Å². The first-order valence-electron chi connectivity index (χ1n) is 9.88. The van der Waals surface area contributed by atoms with Crippen molar-refractivity contribution in [2.75, 3.05) is 7.11 Å². The first kappa shape index (κ1) is 23.0. The van der Waals surface area contributed by atoms with Crippen molar-refractivity contribution in [3.63, 3.8) is 0 Å². The zero-order valence-electron chi connectivity index (χ0n) is 18.0. The molecule has 0 saturated heterocycles. The molecule has 0 bridgehead atoms. The van der Waals surface area contributed by atoms with Crippen LogP contribution in [-0.4, -0.2) is 29.8 Å². The smallest absolute Gasteiger partial charge is 0.339 e. The number of rotatable bonds is 5. The third-order valence-electron chi connectivity index (χ3n) is 5.15. The molecular formula is C24H19Br2N3O4. The zero-order valence-corrected chi connectivity index (χ0v) is 21.2. The van der Waals surface area contributed by atoms with E-state index in [-0.39, 0.29) is 5.76 Å². The van der Waals surface area contributed by atoms with E-state index in [4.69, 9.17) is 9.15 Å². The first-order valence-corrected chi connectivity index (χ1v) is 11.5. The van der Waals surface area contributed by atoms with Gasteiger partial charge < -0.3 is 13.7 Å². The van der Waals surface area contributed by atoms with Crippen molar-refractivity contribution in [3.8, 4) is 5.69 Å². The Morgan fingerprint density at radius 1 is 1.12 bits per heavy atom. The molecule has 0 aliphatic rings. The fourth-order valence-corrected chi connectivity index (χ4v) is 4.98. The lowest BCUT2D eigenvalue weighted by Crippen LogP contribution is -2.16. The number of aromatic nitrogens is 1. The van der Waals surface area contributed by atoms with E-state index >= 15 is 0 Å². The van der Waals surface area contributed by atoms with Crippen LogP contribution in [0.4, 0.5) is 0 Å². The maximum absolute atomic E-state index is 12.5. The number of para-hydroxylation sites is 1. The number of hydrazone groups is 1. The average Bonchev–Trinajstić information content (AvgIpc) is 3.34. The van der Waals surface area contributed by atoms with Crippen molar-refractivity contribution >= 4 is 60.9 Å². The number of nitrogens with zero attached hydrogens (tertiary/aromatic N) is 2. The normalized spacial score (nSPS) is 11.3. The van der Waals surface area contributed by atoms with Crippen LogP contribution in [0.2, 0.25) is 0 Å². The van der Waals surface area contributed by atoms with Gasteiger partial charge in [0.2, 0.25) is 0 Å². The van der Waals surface area contributed by atoms with Crippen LogP contribution in [0.25, 0.3) is 16.7 Å². The number of carbonyl (C=O) groups excluding carboxylic acids is 2. The summed E-state index contributed by atoms with van der Waals surface area (Å²) < 4.78 is 14.1. The van der Waals surface area contributed by atoms with Gasteiger partial charge in [-0.05, 0) is 66.2 Å². The Labute approximate surface area is 206 Å². The van der Waals surface area contributed by atoms with Crippen molar-refractivity contribution in [3.05, 3.63) is 85.8 Å². The van der Waals surface area contributed by atoms with Gasteiger partial charge in [0.25, 0.3) is 0 Å². The summed E-state index contributed by atoms with van der Waals surface area (Å²) >= 11 is 6.85. The largest absolute Gasteiger partial charge is 0.465 e. The van der Waals surface area contributed by atoms with Crippen LogP contribution in [-0.2, 0) is 4.74 Å². The highest BCUT2D eigenvalue weighted by Gasteiger charge is 2.17. The fourth-order valence-electron chi connectivity index (χ4n) is 3.64. The fraction of sp³-hybridized carbons (Fsp3) is 0.125. The van der Waals surface area contributed by atoms with E-state index < -0.39 is 11.9 Å². The molecule has 4 aromatic rings. The maximum atomic E-state index is 12.5. The van der Waals surface area contributed by atoms with Crippen molar-refractivity contribution in [1.29, 1.82) is 0 Å². The number of fused-ring (bicyclic) bond motifs is 1. The molecule has 4 rings (SSSR count). The third-order valence-corrected chi connectivity index (χ3v) is 6.20. The summed E-state index contributed by atoms with van der Waals surface area (Å²) in [6, 6.07) is 14.5. The highest BCUT2D eigenvalue weighted by molar-refractivity contribution is 9.11. The Morgan fingerprint density at radius 2 is 1.88 bits per heavy atom. The van der Waals surface area contributed by atoms with Crippen LogP contribution in [0.3, 0.4) is 0 Å². The number of carbonyl (C=O) groups is 2. The highest BCUT2D eigenvalue weighted by Crippen LogP contribution is 2.31. The summed E-state index contributed by atoms with van der Waals surface area (Å²) in [5.41, 5.74) is 6.82. The van der Waals surface area contributed by atoms with Gasteiger partial charge in [0.05, 0.1) is 29.0 Å². The van der Waals surface area contributed by atoms with E-state index in [1.54, 1.807) is 24.4 Å². The molecule has 33 heavy (non-hydrogen) atoms. The number of esters is 1. The topological polar surface area (TPSA) is 85.8 Å². The SMILES string of the molecule is COC(=O)c1ccccc1-n1c(C)cc(/C=N\NC(=O)c2cc3cc(Br)cc(Br)c3o2)c1C. The molecule has 2 heterocycles. The van der Waals surface area contributed by atoms with Gasteiger partial charge >= 0.3 is 11.9 Å². The van der Waals surface area contributed by atoms with Gasteiger partial charge in [-0.25, -0.2) is 10.2 Å². The number of methoxy groups -OCH3 is 1. The lowest BCUT2D eigenvalue weighted by molar-refractivity contribution is 0.0600. The van der Waals surface area contributed by atoms with Crippen LogP contribution >= 0.6 is 31.9 Å². The Bertz CT molecular complexity index is 1420. The summed E-state index contributed by atoms with van der Waals surface area (Å²) in [4.78, 5) is 24.7. The number of halogens is 2. The van der Waals surface area contributed by atoms with E-state index in [1.165, 1.54) is 7.11 Å². The molecular weight excluding hydrogens is 554 g/mol. The zero-order chi connectivity index (χ0) is 23.7. The number of hydrogen-bond donors (Lipinski definition) is 1. The first-order chi connectivity index (χ1) is 15.8. The number of furan rings is 1. The predicted octanol–water partition coefficient (Wildman–Crippen LogP) is 5.92. The standard InChI is InChI=1S/C24H19Br2N3O4/c1-13-8-16(14(2)29(13)20-7-5-4-6-18(20)24(31)32-3)12-27-28-23(30)21-10-15-9-17(25)11-19(26)22(15)33-21/h4-12H,1-3H3,(H,28,30)/b27-12-. The Balaban J connectivity index is 1.58. The number of aryl methyl sites for hydroxylation is 1. The molecule has 0 fully saturated rings. The van der Waals surface area contributed by atoms with Crippen LogP contribution in [0.5, 0.6) is 0 Å². The van der Waals surface area contributed by atoms with Gasteiger partial charge in [0, 0.05) is 26.8 Å². The quantitative estimate of drug-likeness (QED) is 0.183. The predicted molar refractivity (Wildman–Crippen MR) is 133 cm³/mol. The van der Waals surface area contributed by atoms with E-state index in [0.29, 0.717) is 16.8 Å². The van der Waals surface area contributed by atoms with Crippen molar-refractivity contribution in [2.45, 2.75) is 13.8 Å². The van der Waals surface area contributed by atoms with Gasteiger partial charge in [0.15, 0.2) is 5.76 Å². The minimum absolute atomic E-state index is 0.151. The molecule has 1 amide bonds. The molecule has 2 aromatic heterocycles. The molecule has 0 atom stereocenters. The minimum atomic E-state index is -0.463. The second kappa shape index (κ2) is 9.36. The molecule has 9 heteroatoms. The number of hydrogen-bond acceptors (Lipinski definition) is 5. The summed E-state index contributed by atoms with van der Waals surface area (Å²) in [5.74, 6) is -0.723. The number of ether oxygens (including phenoxy) is 1. The average molecular weight is 573 g/mol. The Morgan fingerprint density at radius 3 is 2.64 bits per heavy atom. The van der Waals surface area contributed by atoms with Gasteiger partial charge in [-0.2, -0.15) is 5.10 Å². The van der Waals surface area contributed by atoms with E-state index in [2.05, 4.69) is 42.4 Å². The Kier molecular flexibility index (Phi) is 6.53. The summed E-state index contributed by atoms with van der Waals surface area (Å²) in [5, 5.41) is 4.89. The molecule has 0 saturated carbocycles. The molecule has 0 unspecified atom stereocenters. The molecule has 0 radical (unpaired) electrons. The molecule has 168 valence electrons. The lowest BCUT2D eigenvalue weighted by Gasteiger charge is -2.13. The van der Waals surface area contributed by atoms with Crippen molar-refractivity contribution in [1.82, 2.24) is 9.99 Å². The van der Waals surface area contributed by atoms with Gasteiger partial charge in [0.1, 0.15) is 5.58 Å². The van der Waals surface area contributed by atoms with Crippen LogP contribution < -0.4 is 5.43 Å². The summed E-state index contributed by atoms with van der Waals surface area (Å²) in [6.45, 7) is 3.85. The van der Waals surface area contributed by atoms with E-state index in [0.717, 1.165) is 31.3 Å². The van der Waals surface area contributed by atoms with Crippen molar-refractivity contribution in [2.24, 2.45) is 5.10 Å². The monoisotopic (exact) mass is 571 g/mol.